The molecule has 0 heterocycles. The molecular weight excluding hydrogens is 238 g/mol. The van der Waals surface area contributed by atoms with Crippen molar-refractivity contribution in [3.05, 3.63) is 60.4 Å². The molecule has 0 radical (unpaired) electrons. The highest BCUT2D eigenvalue weighted by molar-refractivity contribution is 5.83. The fraction of sp³-hybridized carbons (Fsp3) is 0.312. The Labute approximate surface area is 114 Å². The van der Waals surface area contributed by atoms with Gasteiger partial charge in [0, 0.05) is 0 Å². The molecule has 0 aliphatic carbocycles. The summed E-state index contributed by atoms with van der Waals surface area (Å²) in [7, 11) is 0. The van der Waals surface area contributed by atoms with Crippen molar-refractivity contribution in [3.8, 4) is 5.75 Å². The number of hydrogen-bond donors (Lipinski definition) is 0. The molecule has 1 N–H and O–H groups in total. The molecule has 1 aromatic carbocycles. The van der Waals surface area contributed by atoms with Gasteiger partial charge >= 0.3 is 0 Å². The monoisotopic (exact) mass is 258 g/mol. The predicted molar refractivity (Wildman–Crippen MR) is 78.4 cm³/mol. The van der Waals surface area contributed by atoms with Gasteiger partial charge in [-0.1, -0.05) is 43.0 Å². The lowest BCUT2D eigenvalue weighted by Gasteiger charge is -2.16. The Morgan fingerprint density at radius 3 is 2.68 bits per heavy atom. The first-order chi connectivity index (χ1) is 9.13. The van der Waals surface area contributed by atoms with Crippen molar-refractivity contribution in [2.45, 2.75) is 25.8 Å². The molecule has 1 unspecified atom stereocenters. The number of rotatable bonds is 8. The normalized spacial score (nSPS) is 12.3. The Kier molecular flexibility index (Phi) is 6.61. The standard InChI is InChI=1S/C16H20NO2/c1-3-4-5-6-11-19-15-9-7-14(8-10-15)12-16(17)13(2)18/h3-5,7-10,16-17H,1,6,11-12H2,2H3/q-1/b5-4+. The maximum atomic E-state index is 11.0. The molecule has 0 bridgehead atoms. The summed E-state index contributed by atoms with van der Waals surface area (Å²) in [4.78, 5) is 11.0. The fourth-order valence-electron chi connectivity index (χ4n) is 1.54. The Morgan fingerprint density at radius 2 is 2.11 bits per heavy atom. The molecular formula is C16H20NO2-. The van der Waals surface area contributed by atoms with E-state index >= 15 is 0 Å². The molecule has 3 nitrogen and oxygen atoms in total. The second-order valence-electron chi connectivity index (χ2n) is 4.31. The summed E-state index contributed by atoms with van der Waals surface area (Å²) in [6.45, 7) is 5.67. The zero-order valence-corrected chi connectivity index (χ0v) is 11.3. The van der Waals surface area contributed by atoms with Crippen LogP contribution in [0.1, 0.15) is 18.9 Å². The SMILES string of the molecule is C=C/C=C/CCOc1ccc(CC([NH-])C(C)=O)cc1. The van der Waals surface area contributed by atoms with E-state index in [0.29, 0.717) is 13.0 Å². The van der Waals surface area contributed by atoms with Crippen LogP contribution in [0.2, 0.25) is 0 Å². The van der Waals surface area contributed by atoms with Gasteiger partial charge in [-0.05, 0) is 37.5 Å². The van der Waals surface area contributed by atoms with Crippen LogP contribution in [-0.2, 0) is 11.2 Å². The average Bonchev–Trinajstić information content (AvgIpc) is 2.40. The highest BCUT2D eigenvalue weighted by atomic mass is 16.5. The number of benzene rings is 1. The molecule has 0 saturated carbocycles. The summed E-state index contributed by atoms with van der Waals surface area (Å²) in [5, 5.41) is 0. The first-order valence-electron chi connectivity index (χ1n) is 6.34. The summed E-state index contributed by atoms with van der Waals surface area (Å²) in [6.07, 6.45) is 6.92. The maximum absolute atomic E-state index is 11.0. The van der Waals surface area contributed by atoms with Crippen LogP contribution in [0.15, 0.2) is 49.1 Å². The lowest BCUT2D eigenvalue weighted by Crippen LogP contribution is -2.15. The topological polar surface area (TPSA) is 50.1 Å². The molecule has 0 aliphatic heterocycles. The molecule has 0 saturated heterocycles. The number of carbonyl (C=O) groups excluding carboxylic acids is 1. The van der Waals surface area contributed by atoms with Crippen molar-refractivity contribution in [2.75, 3.05) is 6.61 Å². The summed E-state index contributed by atoms with van der Waals surface area (Å²) < 4.78 is 5.56. The quantitative estimate of drug-likeness (QED) is 0.526. The van der Waals surface area contributed by atoms with Crippen molar-refractivity contribution in [2.24, 2.45) is 0 Å². The minimum absolute atomic E-state index is 0.102. The highest BCUT2D eigenvalue weighted by Gasteiger charge is 2.02. The van der Waals surface area contributed by atoms with E-state index in [4.69, 9.17) is 10.5 Å². The average molecular weight is 258 g/mol. The zero-order valence-electron chi connectivity index (χ0n) is 11.3. The number of allylic oxidation sites excluding steroid dienone is 2. The zero-order chi connectivity index (χ0) is 14.1. The third kappa shape index (κ3) is 6.02. The molecule has 1 aromatic rings. The molecule has 102 valence electrons. The van der Waals surface area contributed by atoms with Gasteiger partial charge in [-0.3, -0.25) is 0 Å². The minimum atomic E-state index is -0.671. The van der Waals surface area contributed by atoms with Crippen molar-refractivity contribution < 1.29 is 9.53 Å². The molecule has 3 heteroatoms. The van der Waals surface area contributed by atoms with Crippen LogP contribution < -0.4 is 4.74 Å². The number of ketones is 1. The van der Waals surface area contributed by atoms with Gasteiger partial charge in [0.05, 0.1) is 6.61 Å². The fourth-order valence-corrected chi connectivity index (χ4v) is 1.54. The van der Waals surface area contributed by atoms with E-state index in [2.05, 4.69) is 6.58 Å². The van der Waals surface area contributed by atoms with E-state index in [0.717, 1.165) is 17.7 Å². The van der Waals surface area contributed by atoms with E-state index in [9.17, 15) is 4.79 Å². The molecule has 0 spiro atoms. The second kappa shape index (κ2) is 8.27. The van der Waals surface area contributed by atoms with Gasteiger partial charge in [-0.25, -0.2) is 0 Å². The van der Waals surface area contributed by atoms with Gasteiger partial charge in [0.1, 0.15) is 11.5 Å². The highest BCUT2D eigenvalue weighted by Crippen LogP contribution is 2.14. The van der Waals surface area contributed by atoms with Crippen LogP contribution in [-0.4, -0.2) is 18.4 Å². The molecule has 0 aliphatic rings. The van der Waals surface area contributed by atoms with Crippen LogP contribution in [0.4, 0.5) is 0 Å². The number of hydrogen-bond acceptors (Lipinski definition) is 2. The van der Waals surface area contributed by atoms with E-state index in [1.807, 2.05) is 36.4 Å². The van der Waals surface area contributed by atoms with Crippen molar-refractivity contribution in [1.29, 1.82) is 0 Å². The molecule has 0 fully saturated rings. The number of nitrogens with one attached hydrogen (secondary N) is 1. The summed E-state index contributed by atoms with van der Waals surface area (Å²) in [6, 6.07) is 6.88. The molecule has 1 rings (SSSR count). The smallest absolute Gasteiger partial charge is 0.119 e. The first kappa shape index (κ1) is 15.2. The third-order valence-corrected chi connectivity index (χ3v) is 2.68. The number of Topliss-reactive ketones (excluding diaryl/α,β-unsaturated/α-hetero) is 1. The predicted octanol–water partition coefficient (Wildman–Crippen LogP) is 3.75. The van der Waals surface area contributed by atoms with Crippen molar-refractivity contribution >= 4 is 5.78 Å². The number of ether oxygens (including phenoxy) is 1. The minimum Gasteiger partial charge on any atom is -0.668 e. The molecule has 1 atom stereocenters. The van der Waals surface area contributed by atoms with Crippen molar-refractivity contribution in [1.82, 2.24) is 0 Å². The van der Waals surface area contributed by atoms with Gasteiger partial charge < -0.3 is 15.3 Å². The van der Waals surface area contributed by atoms with Crippen molar-refractivity contribution in [3.63, 3.8) is 0 Å². The van der Waals surface area contributed by atoms with E-state index in [-0.39, 0.29) is 5.78 Å². The van der Waals surface area contributed by atoms with Crippen LogP contribution in [0.3, 0.4) is 0 Å². The molecule has 19 heavy (non-hydrogen) atoms. The second-order valence-corrected chi connectivity index (χ2v) is 4.31. The Bertz CT molecular complexity index is 435. The van der Waals surface area contributed by atoms with E-state index in [1.165, 1.54) is 6.92 Å². The van der Waals surface area contributed by atoms with Gasteiger partial charge in [-0.15, -0.1) is 0 Å². The lowest BCUT2D eigenvalue weighted by atomic mass is 10.0. The first-order valence-corrected chi connectivity index (χ1v) is 6.34. The Hall–Kier alpha value is -1.87. The van der Waals surface area contributed by atoms with Crippen LogP contribution in [0.5, 0.6) is 5.75 Å². The lowest BCUT2D eigenvalue weighted by molar-refractivity contribution is -0.117. The van der Waals surface area contributed by atoms with Gasteiger partial charge in [0.25, 0.3) is 0 Å². The van der Waals surface area contributed by atoms with Gasteiger partial charge in [0.2, 0.25) is 0 Å². The summed E-state index contributed by atoms with van der Waals surface area (Å²) >= 11 is 0. The molecule has 0 amide bonds. The summed E-state index contributed by atoms with van der Waals surface area (Å²) in [5.41, 5.74) is 8.58. The third-order valence-electron chi connectivity index (χ3n) is 2.68. The molecule has 0 aromatic heterocycles. The van der Waals surface area contributed by atoms with Gasteiger partial charge in [0.15, 0.2) is 0 Å². The Morgan fingerprint density at radius 1 is 1.42 bits per heavy atom. The van der Waals surface area contributed by atoms with E-state index in [1.54, 1.807) is 6.08 Å². The number of carbonyl (C=O) groups is 1. The van der Waals surface area contributed by atoms with Crippen LogP contribution >= 0.6 is 0 Å². The maximum Gasteiger partial charge on any atom is 0.119 e. The van der Waals surface area contributed by atoms with E-state index < -0.39 is 6.04 Å². The van der Waals surface area contributed by atoms with Crippen LogP contribution in [0, 0.1) is 0 Å². The Balaban J connectivity index is 2.41. The van der Waals surface area contributed by atoms with Crippen LogP contribution in [0.25, 0.3) is 5.73 Å². The largest absolute Gasteiger partial charge is 0.668 e. The van der Waals surface area contributed by atoms with Gasteiger partial charge in [-0.2, -0.15) is 0 Å². The summed E-state index contributed by atoms with van der Waals surface area (Å²) in [5.74, 6) is 0.703.